The fourth-order valence-corrected chi connectivity index (χ4v) is 4.65. The maximum Gasteiger partial charge on any atom is 0.423 e. The summed E-state index contributed by atoms with van der Waals surface area (Å²) in [4.78, 5) is 36.1. The van der Waals surface area contributed by atoms with Crippen molar-refractivity contribution in [1.82, 2.24) is 29.7 Å². The van der Waals surface area contributed by atoms with E-state index in [4.69, 9.17) is 5.73 Å². The molecule has 0 aliphatic heterocycles. The number of aryl methyl sites for hydroxylation is 1. The molecular formula is C25H21F7N8O2. The van der Waals surface area contributed by atoms with Crippen molar-refractivity contribution in [2.75, 3.05) is 11.1 Å². The van der Waals surface area contributed by atoms with Gasteiger partial charge in [0.2, 0.25) is 0 Å². The molecule has 4 aromatic rings. The summed E-state index contributed by atoms with van der Waals surface area (Å²) in [6.07, 6.45) is -4.90. The molecule has 0 bridgehead atoms. The summed E-state index contributed by atoms with van der Waals surface area (Å²) in [7, 11) is 0. The van der Waals surface area contributed by atoms with Crippen LogP contribution in [0.2, 0.25) is 0 Å². The quantitative estimate of drug-likeness (QED) is 0.254. The third-order valence-corrected chi connectivity index (χ3v) is 6.86. The van der Waals surface area contributed by atoms with Crippen LogP contribution in [0.1, 0.15) is 36.8 Å². The van der Waals surface area contributed by atoms with Crippen LogP contribution in [0.25, 0.3) is 22.3 Å². The van der Waals surface area contributed by atoms with Gasteiger partial charge in [-0.05, 0) is 43.7 Å². The van der Waals surface area contributed by atoms with E-state index in [1.807, 2.05) is 0 Å². The number of nitrogens with one attached hydrogen (secondary N) is 2. The molecule has 0 spiro atoms. The number of aromatic amines is 1. The molecule has 0 unspecified atom stereocenters. The molecule has 1 aromatic carbocycles. The average Bonchev–Trinajstić information content (AvgIpc) is 3.73. The number of anilines is 2. The number of rotatable bonds is 8. The number of aromatic nitrogens is 6. The van der Waals surface area contributed by atoms with Crippen molar-refractivity contribution >= 4 is 22.4 Å². The van der Waals surface area contributed by atoms with Crippen molar-refractivity contribution in [3.8, 4) is 11.4 Å². The first-order chi connectivity index (χ1) is 19.7. The normalized spacial score (nSPS) is 14.7. The maximum atomic E-state index is 15.0. The van der Waals surface area contributed by atoms with Crippen molar-refractivity contribution in [3.63, 3.8) is 0 Å². The number of alkyl halides is 6. The van der Waals surface area contributed by atoms with Gasteiger partial charge in [-0.1, -0.05) is 0 Å². The summed E-state index contributed by atoms with van der Waals surface area (Å²) in [6.45, 7) is 0.105. The monoisotopic (exact) mass is 598 g/mol. The molecule has 0 saturated heterocycles. The number of halogens is 7. The van der Waals surface area contributed by atoms with Crippen LogP contribution in [0.5, 0.6) is 0 Å². The summed E-state index contributed by atoms with van der Waals surface area (Å²) in [5.41, 5.74) is 0.0660. The first-order valence-corrected chi connectivity index (χ1v) is 12.5. The van der Waals surface area contributed by atoms with Gasteiger partial charge in [-0.3, -0.25) is 14.2 Å². The van der Waals surface area contributed by atoms with Crippen molar-refractivity contribution in [2.45, 2.75) is 50.6 Å². The molecule has 3 aromatic heterocycles. The van der Waals surface area contributed by atoms with Crippen molar-refractivity contribution in [2.24, 2.45) is 5.92 Å². The summed E-state index contributed by atoms with van der Waals surface area (Å²) >= 11 is 0. The topological polar surface area (TPSA) is 144 Å². The van der Waals surface area contributed by atoms with Crippen LogP contribution in [-0.4, -0.2) is 35.8 Å². The first-order valence-electron chi connectivity index (χ1n) is 12.5. The van der Waals surface area contributed by atoms with Gasteiger partial charge >= 0.3 is 12.4 Å². The van der Waals surface area contributed by atoms with Gasteiger partial charge in [-0.2, -0.15) is 31.4 Å². The third-order valence-electron chi connectivity index (χ3n) is 6.86. The van der Waals surface area contributed by atoms with E-state index in [9.17, 15) is 40.3 Å². The Morgan fingerprint density at radius 1 is 1.07 bits per heavy atom. The lowest BCUT2D eigenvalue weighted by Crippen LogP contribution is -2.30. The van der Waals surface area contributed by atoms with Crippen molar-refractivity contribution in [3.05, 3.63) is 68.5 Å². The average molecular weight is 598 g/mol. The minimum Gasteiger partial charge on any atom is -0.383 e. The van der Waals surface area contributed by atoms with Gasteiger partial charge in [0.15, 0.2) is 5.82 Å². The van der Waals surface area contributed by atoms with Crippen LogP contribution in [0.3, 0.4) is 0 Å². The summed E-state index contributed by atoms with van der Waals surface area (Å²) in [5, 5.41) is 7.94. The molecule has 1 fully saturated rings. The SMILES string of the molecule is Nc1nc(-c2cc3ncn(CCC[C@@H](Nc4cn[nH]c(=O)c4C(F)(F)F)C4CC4)c(=O)c3cc2F)ncc1C(F)(F)F. The van der Waals surface area contributed by atoms with E-state index in [-0.39, 0.29) is 28.9 Å². The fourth-order valence-electron chi connectivity index (χ4n) is 4.65. The highest BCUT2D eigenvalue weighted by Crippen LogP contribution is 2.38. The van der Waals surface area contributed by atoms with Crippen LogP contribution in [0.15, 0.2) is 40.4 Å². The standard InChI is InChI=1S/C25H21F7N8O2/c26-15-6-13-17(7-12(15)21-34-8-14(20(33)38-21)24(27,28)29)35-10-40(23(13)42)5-1-2-16(11-3-4-11)37-18-9-36-39-22(41)19(18)25(30,31)32/h6-11,16H,1-5H2,(H2,33,34,38)(H2,37,39,41)/t16-/m1/s1. The van der Waals surface area contributed by atoms with E-state index in [0.29, 0.717) is 19.0 Å². The maximum absolute atomic E-state index is 15.0. The molecule has 5 rings (SSSR count). The van der Waals surface area contributed by atoms with E-state index >= 15 is 0 Å². The highest BCUT2D eigenvalue weighted by Gasteiger charge is 2.39. The van der Waals surface area contributed by atoms with E-state index in [1.54, 1.807) is 5.10 Å². The highest BCUT2D eigenvalue weighted by atomic mass is 19.4. The molecule has 17 heteroatoms. The van der Waals surface area contributed by atoms with Crippen LogP contribution < -0.4 is 22.2 Å². The Morgan fingerprint density at radius 2 is 1.81 bits per heavy atom. The second-order valence-electron chi connectivity index (χ2n) is 9.80. The second-order valence-corrected chi connectivity index (χ2v) is 9.80. The molecule has 4 N–H and O–H groups in total. The zero-order valence-electron chi connectivity index (χ0n) is 21.4. The van der Waals surface area contributed by atoms with E-state index in [0.717, 1.165) is 31.2 Å². The number of nitrogens with two attached hydrogens (primary N) is 1. The molecular weight excluding hydrogens is 577 g/mol. The molecule has 3 heterocycles. The molecule has 1 saturated carbocycles. The summed E-state index contributed by atoms with van der Waals surface area (Å²) in [5.74, 6) is -2.22. The zero-order valence-corrected chi connectivity index (χ0v) is 21.4. The Labute approximate surface area is 230 Å². The van der Waals surface area contributed by atoms with Crippen LogP contribution >= 0.6 is 0 Å². The molecule has 0 amide bonds. The number of benzene rings is 1. The number of hydrogen-bond donors (Lipinski definition) is 3. The van der Waals surface area contributed by atoms with Crippen molar-refractivity contribution < 1.29 is 30.7 Å². The Kier molecular flexibility index (Phi) is 7.36. The van der Waals surface area contributed by atoms with Crippen LogP contribution in [0, 0.1) is 11.7 Å². The molecule has 222 valence electrons. The third kappa shape index (κ3) is 5.89. The molecule has 1 aliphatic carbocycles. The summed E-state index contributed by atoms with van der Waals surface area (Å²) in [6, 6.07) is 1.58. The van der Waals surface area contributed by atoms with Crippen molar-refractivity contribution in [1.29, 1.82) is 0 Å². The largest absolute Gasteiger partial charge is 0.423 e. The lowest BCUT2D eigenvalue weighted by atomic mass is 10.1. The lowest BCUT2D eigenvalue weighted by molar-refractivity contribution is -0.138. The number of fused-ring (bicyclic) bond motifs is 1. The number of H-pyrrole nitrogens is 1. The molecule has 0 radical (unpaired) electrons. The van der Waals surface area contributed by atoms with E-state index in [1.165, 1.54) is 10.9 Å². The van der Waals surface area contributed by atoms with Gasteiger partial charge in [-0.25, -0.2) is 24.4 Å². The van der Waals surface area contributed by atoms with Gasteiger partial charge in [-0.15, -0.1) is 0 Å². The zero-order chi connectivity index (χ0) is 30.4. The highest BCUT2D eigenvalue weighted by molar-refractivity contribution is 5.82. The second kappa shape index (κ2) is 10.7. The predicted octanol–water partition coefficient (Wildman–Crippen LogP) is 4.37. The van der Waals surface area contributed by atoms with Gasteiger partial charge < -0.3 is 11.1 Å². The summed E-state index contributed by atoms with van der Waals surface area (Å²) < 4.78 is 95.3. The number of nitrogen functional groups attached to an aromatic ring is 1. The first kappa shape index (κ1) is 28.9. The van der Waals surface area contributed by atoms with Crippen LogP contribution in [0.4, 0.5) is 42.2 Å². The molecule has 42 heavy (non-hydrogen) atoms. The Morgan fingerprint density at radius 3 is 2.45 bits per heavy atom. The predicted molar refractivity (Wildman–Crippen MR) is 136 cm³/mol. The minimum absolute atomic E-state index is 0.0359. The fraction of sp³-hybridized carbons (Fsp3) is 0.360. The minimum atomic E-state index is -4.89. The van der Waals surface area contributed by atoms with Crippen LogP contribution in [-0.2, 0) is 18.9 Å². The van der Waals surface area contributed by atoms with E-state index < -0.39 is 63.8 Å². The van der Waals surface area contributed by atoms with E-state index in [2.05, 4.69) is 25.4 Å². The van der Waals surface area contributed by atoms with Gasteiger partial charge in [0.05, 0.1) is 34.7 Å². The lowest BCUT2D eigenvalue weighted by Gasteiger charge is -2.21. The Hall–Kier alpha value is -4.57. The van der Waals surface area contributed by atoms with Gasteiger partial charge in [0.1, 0.15) is 22.8 Å². The number of hydrogen-bond acceptors (Lipinski definition) is 8. The molecule has 1 aliphatic rings. The van der Waals surface area contributed by atoms with Gasteiger partial charge in [0, 0.05) is 18.8 Å². The van der Waals surface area contributed by atoms with Gasteiger partial charge in [0.25, 0.3) is 11.1 Å². The Bertz CT molecular complexity index is 1760. The Balaban J connectivity index is 1.33. The number of nitrogens with zero attached hydrogens (tertiary/aromatic N) is 5. The molecule has 10 nitrogen and oxygen atoms in total. The smallest absolute Gasteiger partial charge is 0.383 e. The molecule has 1 atom stereocenters.